The summed E-state index contributed by atoms with van der Waals surface area (Å²) in [4.78, 5) is 27.0. The second-order valence-electron chi connectivity index (χ2n) is 10.1. The van der Waals surface area contributed by atoms with Gasteiger partial charge in [0.15, 0.2) is 5.65 Å². The van der Waals surface area contributed by atoms with Crippen molar-refractivity contribution in [3.63, 3.8) is 0 Å². The van der Waals surface area contributed by atoms with Crippen molar-refractivity contribution in [2.75, 3.05) is 35.5 Å². The fourth-order valence-corrected chi connectivity index (χ4v) is 6.29. The third-order valence-electron chi connectivity index (χ3n) is 7.23. The number of carbonyl (C=O) groups is 1. The van der Waals surface area contributed by atoms with Crippen LogP contribution in [0.2, 0.25) is 5.02 Å². The third-order valence-corrected chi connectivity index (χ3v) is 8.05. The van der Waals surface area contributed by atoms with Gasteiger partial charge in [0.1, 0.15) is 5.82 Å². The van der Waals surface area contributed by atoms with Gasteiger partial charge in [0.25, 0.3) is 5.91 Å². The quantitative estimate of drug-likeness (QED) is 0.438. The number of rotatable bonds is 7. The maximum absolute atomic E-state index is 13.8. The number of anilines is 2. The van der Waals surface area contributed by atoms with E-state index in [1.54, 1.807) is 15.5 Å². The highest BCUT2D eigenvalue weighted by Gasteiger charge is 2.33. The highest BCUT2D eigenvalue weighted by Crippen LogP contribution is 2.35. The molecule has 2 atom stereocenters. The summed E-state index contributed by atoms with van der Waals surface area (Å²) >= 11 is 6.21. The average molecular weight is 558 g/mol. The molecule has 0 aliphatic carbocycles. The topological polar surface area (TPSA) is 112 Å². The summed E-state index contributed by atoms with van der Waals surface area (Å²) in [6.07, 6.45) is 7.74. The van der Waals surface area contributed by atoms with Crippen LogP contribution in [0.4, 0.5) is 11.5 Å². The van der Waals surface area contributed by atoms with Crippen LogP contribution >= 0.6 is 11.6 Å². The van der Waals surface area contributed by atoms with E-state index < -0.39 is 10.0 Å². The second kappa shape index (κ2) is 10.5. The molecule has 0 spiro atoms. The van der Waals surface area contributed by atoms with Crippen LogP contribution in [0.1, 0.15) is 59.8 Å². The standard InChI is InChI=1S/C26H32ClN7O3S/c1-17-16-34-24(29-25(17)32-12-6-7-19(32)15-28-2)14-22(30-34)23-8-4-5-11-33(23)26(35)20-13-18(27)9-10-21(20)31-38(3,36)37/h9-10,13-14,16,19,23,31H,2,4-8,11-12,15H2,1,3H3/t19-,23-/m0/s1. The lowest BCUT2D eigenvalue weighted by Crippen LogP contribution is -2.39. The van der Waals surface area contributed by atoms with Gasteiger partial charge >= 0.3 is 0 Å². The smallest absolute Gasteiger partial charge is 0.256 e. The van der Waals surface area contributed by atoms with Crippen molar-refractivity contribution in [3.05, 3.63) is 52.3 Å². The number of amides is 1. The molecule has 2 fully saturated rings. The maximum atomic E-state index is 13.8. The molecule has 2 aliphatic rings. The first-order chi connectivity index (χ1) is 18.1. The summed E-state index contributed by atoms with van der Waals surface area (Å²) in [6, 6.07) is 6.56. The van der Waals surface area contributed by atoms with Crippen LogP contribution in [0.5, 0.6) is 0 Å². The maximum Gasteiger partial charge on any atom is 0.256 e. The van der Waals surface area contributed by atoms with E-state index in [1.807, 2.05) is 19.2 Å². The van der Waals surface area contributed by atoms with E-state index in [4.69, 9.17) is 21.7 Å². The molecule has 1 amide bonds. The van der Waals surface area contributed by atoms with Gasteiger partial charge in [-0.25, -0.2) is 17.9 Å². The molecule has 0 radical (unpaired) electrons. The van der Waals surface area contributed by atoms with E-state index >= 15 is 0 Å². The largest absolute Gasteiger partial charge is 0.351 e. The van der Waals surface area contributed by atoms with Crippen molar-refractivity contribution in [2.24, 2.45) is 4.99 Å². The van der Waals surface area contributed by atoms with Crippen LogP contribution in [0.15, 0.2) is 35.5 Å². The van der Waals surface area contributed by atoms with E-state index in [0.717, 1.165) is 67.6 Å². The number of sulfonamides is 1. The number of nitrogens with one attached hydrogen (secondary N) is 1. The molecule has 10 nitrogen and oxygen atoms in total. The summed E-state index contributed by atoms with van der Waals surface area (Å²) in [6.45, 7) is 7.84. The van der Waals surface area contributed by atoms with Crippen molar-refractivity contribution >= 4 is 51.4 Å². The molecule has 0 saturated carbocycles. The molecular weight excluding hydrogens is 526 g/mol. The molecule has 38 heavy (non-hydrogen) atoms. The zero-order chi connectivity index (χ0) is 27.0. The summed E-state index contributed by atoms with van der Waals surface area (Å²) in [5.41, 5.74) is 2.92. The third kappa shape index (κ3) is 5.35. The first kappa shape index (κ1) is 26.4. The molecule has 1 aromatic carbocycles. The Balaban J connectivity index is 1.49. The number of piperidine rings is 1. The van der Waals surface area contributed by atoms with E-state index in [1.165, 1.54) is 12.1 Å². The number of hydrogen-bond donors (Lipinski definition) is 1. The Bertz CT molecular complexity index is 1490. The number of aromatic nitrogens is 3. The van der Waals surface area contributed by atoms with Gasteiger partial charge < -0.3 is 9.80 Å². The van der Waals surface area contributed by atoms with E-state index in [2.05, 4.69) is 21.3 Å². The van der Waals surface area contributed by atoms with Crippen molar-refractivity contribution in [1.82, 2.24) is 19.5 Å². The van der Waals surface area contributed by atoms with Crippen LogP contribution in [0.3, 0.4) is 0 Å². The van der Waals surface area contributed by atoms with Gasteiger partial charge in [-0.15, -0.1) is 0 Å². The van der Waals surface area contributed by atoms with Crippen LogP contribution in [-0.2, 0) is 10.0 Å². The van der Waals surface area contributed by atoms with Crippen LogP contribution in [0, 0.1) is 6.92 Å². The molecule has 5 rings (SSSR count). The fraction of sp³-hybridized carbons (Fsp3) is 0.462. The molecule has 4 heterocycles. The van der Waals surface area contributed by atoms with Gasteiger partial charge in [-0.05, 0) is 63.9 Å². The lowest BCUT2D eigenvalue weighted by Gasteiger charge is -2.35. The number of aliphatic imine (C=N–C) groups is 1. The molecule has 12 heteroatoms. The lowest BCUT2D eigenvalue weighted by molar-refractivity contribution is 0.0607. The monoisotopic (exact) mass is 557 g/mol. The lowest BCUT2D eigenvalue weighted by atomic mass is 9.98. The minimum Gasteiger partial charge on any atom is -0.351 e. The van der Waals surface area contributed by atoms with Crippen LogP contribution in [-0.4, -0.2) is 72.5 Å². The van der Waals surface area contributed by atoms with Crippen LogP contribution in [0.25, 0.3) is 5.65 Å². The van der Waals surface area contributed by atoms with E-state index in [9.17, 15) is 13.2 Å². The van der Waals surface area contributed by atoms with Gasteiger partial charge in [0, 0.05) is 42.0 Å². The van der Waals surface area contributed by atoms with Crippen molar-refractivity contribution < 1.29 is 13.2 Å². The van der Waals surface area contributed by atoms with Crippen molar-refractivity contribution in [1.29, 1.82) is 0 Å². The van der Waals surface area contributed by atoms with E-state index in [0.29, 0.717) is 24.2 Å². The number of benzene rings is 1. The minimum absolute atomic E-state index is 0.206. The number of aryl methyl sites for hydroxylation is 1. The average Bonchev–Trinajstić information content (AvgIpc) is 3.50. The predicted molar refractivity (Wildman–Crippen MR) is 150 cm³/mol. The summed E-state index contributed by atoms with van der Waals surface area (Å²) in [5.74, 6) is 0.643. The van der Waals surface area contributed by atoms with Crippen molar-refractivity contribution in [2.45, 2.75) is 51.1 Å². The molecule has 2 saturated heterocycles. The minimum atomic E-state index is -3.58. The number of carbonyl (C=O) groups excluding carboxylic acids is 1. The van der Waals surface area contributed by atoms with Gasteiger partial charge in [-0.2, -0.15) is 5.10 Å². The summed E-state index contributed by atoms with van der Waals surface area (Å²) in [5, 5.41) is 5.18. The summed E-state index contributed by atoms with van der Waals surface area (Å²) < 4.78 is 28.1. The van der Waals surface area contributed by atoms with Gasteiger partial charge in [0.05, 0.1) is 35.8 Å². The number of fused-ring (bicyclic) bond motifs is 1. The number of hydrogen-bond acceptors (Lipinski definition) is 7. The Morgan fingerprint density at radius 2 is 2.03 bits per heavy atom. The Hall–Kier alpha value is -3.18. The molecule has 2 aromatic heterocycles. The molecular formula is C26H32ClN7O3S. The van der Waals surface area contributed by atoms with Gasteiger partial charge in [-0.1, -0.05) is 11.6 Å². The number of halogens is 1. The summed E-state index contributed by atoms with van der Waals surface area (Å²) in [7, 11) is -3.58. The molecule has 0 unspecified atom stereocenters. The Labute approximate surface area is 227 Å². The SMILES string of the molecule is C=NC[C@@H]1CCCN1c1nc2cc([C@@H]3CCCCN3C(=O)c3cc(Cl)ccc3NS(C)(=O)=O)nn2cc1C. The highest BCUT2D eigenvalue weighted by atomic mass is 35.5. The van der Waals surface area contributed by atoms with Gasteiger partial charge in [0.2, 0.25) is 10.0 Å². The fourth-order valence-electron chi connectivity index (χ4n) is 5.55. The normalized spacial score (nSPS) is 20.2. The number of likely N-dealkylation sites (tertiary alicyclic amines) is 1. The molecule has 0 bridgehead atoms. The number of nitrogens with zero attached hydrogens (tertiary/aromatic N) is 6. The Kier molecular flexibility index (Phi) is 7.32. The first-order valence-corrected chi connectivity index (χ1v) is 15.1. The molecule has 3 aromatic rings. The molecule has 1 N–H and O–H groups in total. The molecule has 2 aliphatic heterocycles. The van der Waals surface area contributed by atoms with Crippen LogP contribution < -0.4 is 9.62 Å². The zero-order valence-electron chi connectivity index (χ0n) is 21.6. The second-order valence-corrected chi connectivity index (χ2v) is 12.3. The first-order valence-electron chi connectivity index (χ1n) is 12.8. The zero-order valence-corrected chi connectivity index (χ0v) is 23.2. The highest BCUT2D eigenvalue weighted by molar-refractivity contribution is 7.92. The van der Waals surface area contributed by atoms with Crippen molar-refractivity contribution in [3.8, 4) is 0 Å². The predicted octanol–water partition coefficient (Wildman–Crippen LogP) is 4.10. The van der Waals surface area contributed by atoms with E-state index in [-0.39, 0.29) is 23.2 Å². The Morgan fingerprint density at radius 3 is 2.79 bits per heavy atom. The Morgan fingerprint density at radius 1 is 1.21 bits per heavy atom. The van der Waals surface area contributed by atoms with Gasteiger partial charge in [-0.3, -0.25) is 14.5 Å². The molecule has 202 valence electrons.